The van der Waals surface area contributed by atoms with Crippen LogP contribution in [-0.2, 0) is 14.3 Å². The molecule has 1 N–H and O–H groups in total. The van der Waals surface area contributed by atoms with Crippen LogP contribution in [0.5, 0.6) is 0 Å². The number of hydrogen-bond donors (Lipinski definition) is 1. The first kappa shape index (κ1) is 17.2. The van der Waals surface area contributed by atoms with E-state index in [4.69, 9.17) is 9.47 Å². The summed E-state index contributed by atoms with van der Waals surface area (Å²) in [5, 5.41) is 3.09. The van der Waals surface area contributed by atoms with E-state index in [9.17, 15) is 4.79 Å². The van der Waals surface area contributed by atoms with Crippen LogP contribution in [0, 0.1) is 0 Å². The molecule has 3 rings (SSSR count). The number of anilines is 2. The molecule has 1 aromatic carbocycles. The summed E-state index contributed by atoms with van der Waals surface area (Å²) in [5.74, 6) is 0.0247. The van der Waals surface area contributed by atoms with E-state index in [1.807, 2.05) is 25.1 Å². The molecule has 6 heteroatoms. The lowest BCUT2D eigenvalue weighted by Gasteiger charge is -2.36. The SMILES string of the molecule is CC1CN(CC(=O)Nc2ccccc2N2CCOCC2)C(C)CO1. The maximum atomic E-state index is 12.5. The summed E-state index contributed by atoms with van der Waals surface area (Å²) in [7, 11) is 0. The number of morpholine rings is 2. The molecule has 0 spiro atoms. The van der Waals surface area contributed by atoms with Gasteiger partial charge in [0.15, 0.2) is 0 Å². The number of amides is 1. The quantitative estimate of drug-likeness (QED) is 0.906. The minimum Gasteiger partial charge on any atom is -0.378 e. The van der Waals surface area contributed by atoms with Gasteiger partial charge in [-0.1, -0.05) is 12.1 Å². The number of benzene rings is 1. The van der Waals surface area contributed by atoms with Crippen molar-refractivity contribution in [3.63, 3.8) is 0 Å². The van der Waals surface area contributed by atoms with E-state index < -0.39 is 0 Å². The number of rotatable bonds is 4. The molecule has 0 aromatic heterocycles. The number of carbonyl (C=O) groups is 1. The molecule has 2 aliphatic rings. The number of carbonyl (C=O) groups excluding carboxylic acids is 1. The monoisotopic (exact) mass is 333 g/mol. The van der Waals surface area contributed by atoms with E-state index in [1.165, 1.54) is 0 Å². The fraction of sp³-hybridized carbons (Fsp3) is 0.611. The molecule has 0 aliphatic carbocycles. The van der Waals surface area contributed by atoms with Gasteiger partial charge in [-0.05, 0) is 26.0 Å². The molecule has 2 saturated heterocycles. The van der Waals surface area contributed by atoms with Gasteiger partial charge in [-0.15, -0.1) is 0 Å². The van der Waals surface area contributed by atoms with E-state index in [2.05, 4.69) is 28.1 Å². The Hall–Kier alpha value is -1.63. The molecule has 24 heavy (non-hydrogen) atoms. The van der Waals surface area contributed by atoms with Crippen LogP contribution in [0.1, 0.15) is 13.8 Å². The zero-order chi connectivity index (χ0) is 16.9. The first-order valence-corrected chi connectivity index (χ1v) is 8.70. The largest absolute Gasteiger partial charge is 0.378 e. The normalized spacial score (nSPS) is 25.5. The van der Waals surface area contributed by atoms with Crippen LogP contribution < -0.4 is 10.2 Å². The Balaban J connectivity index is 1.64. The molecule has 2 fully saturated rings. The molecule has 6 nitrogen and oxygen atoms in total. The summed E-state index contributed by atoms with van der Waals surface area (Å²) >= 11 is 0. The van der Waals surface area contributed by atoms with Gasteiger partial charge in [0.2, 0.25) is 5.91 Å². The van der Waals surface area contributed by atoms with Crippen LogP contribution in [0.4, 0.5) is 11.4 Å². The molecule has 2 heterocycles. The predicted octanol–water partition coefficient (Wildman–Crippen LogP) is 1.57. The van der Waals surface area contributed by atoms with Crippen LogP contribution in [0.25, 0.3) is 0 Å². The molecule has 2 atom stereocenters. The third kappa shape index (κ3) is 4.26. The van der Waals surface area contributed by atoms with Crippen molar-refractivity contribution in [3.8, 4) is 0 Å². The van der Waals surface area contributed by atoms with E-state index in [0.717, 1.165) is 44.2 Å². The van der Waals surface area contributed by atoms with Crippen molar-refractivity contribution in [2.45, 2.75) is 26.0 Å². The molecule has 0 radical (unpaired) electrons. The lowest BCUT2D eigenvalue weighted by atomic mass is 10.2. The highest BCUT2D eigenvalue weighted by Crippen LogP contribution is 2.26. The third-order valence-corrected chi connectivity index (χ3v) is 4.61. The van der Waals surface area contributed by atoms with Gasteiger partial charge in [-0.2, -0.15) is 0 Å². The summed E-state index contributed by atoms with van der Waals surface area (Å²) in [4.78, 5) is 17.0. The molecule has 2 aliphatic heterocycles. The average Bonchev–Trinajstić information content (AvgIpc) is 2.59. The molecule has 0 bridgehead atoms. The minimum atomic E-state index is 0.0247. The molecular formula is C18H27N3O3. The highest BCUT2D eigenvalue weighted by molar-refractivity contribution is 5.95. The maximum absolute atomic E-state index is 12.5. The fourth-order valence-electron chi connectivity index (χ4n) is 3.23. The number of para-hydroxylation sites is 2. The van der Waals surface area contributed by atoms with Gasteiger partial charge < -0.3 is 19.7 Å². The standard InChI is InChI=1S/C18H27N3O3/c1-14-13-24-15(2)11-21(14)12-18(22)19-16-5-3-4-6-17(16)20-7-9-23-10-8-20/h3-6,14-15H,7-13H2,1-2H3,(H,19,22). The van der Waals surface area contributed by atoms with Gasteiger partial charge >= 0.3 is 0 Å². The van der Waals surface area contributed by atoms with Gasteiger partial charge in [0, 0.05) is 25.7 Å². The number of ether oxygens (including phenoxy) is 2. The van der Waals surface area contributed by atoms with Crippen LogP contribution in [0.2, 0.25) is 0 Å². The van der Waals surface area contributed by atoms with Gasteiger partial charge in [-0.25, -0.2) is 0 Å². The zero-order valence-electron chi connectivity index (χ0n) is 14.5. The van der Waals surface area contributed by atoms with Crippen LogP contribution in [0.3, 0.4) is 0 Å². The van der Waals surface area contributed by atoms with Crippen molar-refractivity contribution < 1.29 is 14.3 Å². The summed E-state index contributed by atoms with van der Waals surface area (Å²) < 4.78 is 11.0. The van der Waals surface area contributed by atoms with Crippen molar-refractivity contribution in [2.75, 3.05) is 56.2 Å². The summed E-state index contributed by atoms with van der Waals surface area (Å²) in [6.07, 6.45) is 0.176. The first-order valence-electron chi connectivity index (χ1n) is 8.70. The minimum absolute atomic E-state index is 0.0247. The molecule has 2 unspecified atom stereocenters. The first-order chi connectivity index (χ1) is 11.6. The second-order valence-electron chi connectivity index (χ2n) is 6.59. The molecule has 132 valence electrons. The smallest absolute Gasteiger partial charge is 0.238 e. The van der Waals surface area contributed by atoms with Gasteiger partial charge in [0.05, 0.1) is 43.8 Å². The van der Waals surface area contributed by atoms with Crippen LogP contribution in [-0.4, -0.2) is 69.0 Å². The molecule has 0 saturated carbocycles. The van der Waals surface area contributed by atoms with E-state index in [-0.39, 0.29) is 18.1 Å². The Kier molecular flexibility index (Phi) is 5.71. The predicted molar refractivity (Wildman–Crippen MR) is 94.6 cm³/mol. The molecule has 1 aromatic rings. The lowest BCUT2D eigenvalue weighted by Crippen LogP contribution is -2.50. The molecule has 1 amide bonds. The number of nitrogens with one attached hydrogen (secondary N) is 1. The van der Waals surface area contributed by atoms with E-state index in [1.54, 1.807) is 0 Å². The number of hydrogen-bond acceptors (Lipinski definition) is 5. The molecular weight excluding hydrogens is 306 g/mol. The fourth-order valence-corrected chi connectivity index (χ4v) is 3.23. The second kappa shape index (κ2) is 7.96. The maximum Gasteiger partial charge on any atom is 0.238 e. The summed E-state index contributed by atoms with van der Waals surface area (Å²) in [6, 6.07) is 8.25. The van der Waals surface area contributed by atoms with Crippen molar-refractivity contribution in [3.05, 3.63) is 24.3 Å². The Morgan fingerprint density at radius 3 is 2.79 bits per heavy atom. The topological polar surface area (TPSA) is 54.0 Å². The highest BCUT2D eigenvalue weighted by Gasteiger charge is 2.25. The second-order valence-corrected chi connectivity index (χ2v) is 6.59. The highest BCUT2D eigenvalue weighted by atomic mass is 16.5. The van der Waals surface area contributed by atoms with Gasteiger partial charge in [0.25, 0.3) is 0 Å². The van der Waals surface area contributed by atoms with Crippen LogP contribution in [0.15, 0.2) is 24.3 Å². The average molecular weight is 333 g/mol. The lowest BCUT2D eigenvalue weighted by molar-refractivity contribution is -0.121. The van der Waals surface area contributed by atoms with Gasteiger partial charge in [-0.3, -0.25) is 9.69 Å². The van der Waals surface area contributed by atoms with Crippen molar-refractivity contribution >= 4 is 17.3 Å². The zero-order valence-corrected chi connectivity index (χ0v) is 14.5. The Morgan fingerprint density at radius 1 is 1.25 bits per heavy atom. The van der Waals surface area contributed by atoms with E-state index >= 15 is 0 Å². The van der Waals surface area contributed by atoms with Gasteiger partial charge in [0.1, 0.15) is 0 Å². The number of nitrogens with zero attached hydrogens (tertiary/aromatic N) is 2. The summed E-state index contributed by atoms with van der Waals surface area (Å²) in [6.45, 7) is 9.17. The van der Waals surface area contributed by atoms with Crippen molar-refractivity contribution in [2.24, 2.45) is 0 Å². The van der Waals surface area contributed by atoms with Crippen LogP contribution >= 0.6 is 0 Å². The van der Waals surface area contributed by atoms with Crippen molar-refractivity contribution in [1.82, 2.24) is 4.90 Å². The summed E-state index contributed by atoms with van der Waals surface area (Å²) in [5.41, 5.74) is 1.94. The Morgan fingerprint density at radius 2 is 2.00 bits per heavy atom. The van der Waals surface area contributed by atoms with Crippen molar-refractivity contribution in [1.29, 1.82) is 0 Å². The Labute approximate surface area is 143 Å². The Bertz CT molecular complexity index is 560. The van der Waals surface area contributed by atoms with E-state index in [0.29, 0.717) is 13.2 Å². The third-order valence-electron chi connectivity index (χ3n) is 4.61.